The third-order valence-corrected chi connectivity index (χ3v) is 3.61. The highest BCUT2D eigenvalue weighted by Crippen LogP contribution is 2.24. The van der Waals surface area contributed by atoms with E-state index < -0.39 is 29.0 Å². The summed E-state index contributed by atoms with van der Waals surface area (Å²) in [4.78, 5) is 22.3. The summed E-state index contributed by atoms with van der Waals surface area (Å²) in [6.07, 6.45) is -5.97. The Balaban J connectivity index is 1.96. The van der Waals surface area contributed by atoms with Gasteiger partial charge in [0.15, 0.2) is 0 Å². The van der Waals surface area contributed by atoms with Crippen molar-refractivity contribution in [2.45, 2.75) is 19.4 Å². The molecule has 144 valence electrons. The number of amides is 1. The van der Waals surface area contributed by atoms with Crippen molar-refractivity contribution in [3.05, 3.63) is 69.3 Å². The molecule has 7 nitrogen and oxygen atoms in total. The zero-order chi connectivity index (χ0) is 20.2. The molecule has 0 radical (unpaired) electrons. The van der Waals surface area contributed by atoms with E-state index in [9.17, 15) is 33.2 Å². The number of nitrogens with one attached hydrogen (secondary N) is 1. The van der Waals surface area contributed by atoms with E-state index in [4.69, 9.17) is 0 Å². The van der Waals surface area contributed by atoms with Gasteiger partial charge >= 0.3 is 6.36 Å². The van der Waals surface area contributed by atoms with Gasteiger partial charge in [-0.15, -0.1) is 13.2 Å². The van der Waals surface area contributed by atoms with Gasteiger partial charge in [0.05, 0.1) is 11.0 Å². The Bertz CT molecular complexity index is 837. The van der Waals surface area contributed by atoms with Crippen LogP contribution < -0.4 is 10.1 Å². The van der Waals surface area contributed by atoms with E-state index in [0.29, 0.717) is 5.56 Å². The molecular formula is C17H15F3N2O5. The lowest BCUT2D eigenvalue weighted by atomic mass is 10.1. The normalized spacial score (nSPS) is 12.3. The van der Waals surface area contributed by atoms with Crippen molar-refractivity contribution < 1.29 is 32.7 Å². The lowest BCUT2D eigenvalue weighted by molar-refractivity contribution is -0.385. The van der Waals surface area contributed by atoms with Gasteiger partial charge in [0.2, 0.25) is 0 Å². The molecule has 2 N–H and O–H groups in total. The summed E-state index contributed by atoms with van der Waals surface area (Å²) in [7, 11) is 0. The standard InChI is InChI=1S/C17H15F3N2O5/c1-10-8-12(4-7-14(10)22(25)26)16(24)21-9-15(23)11-2-5-13(6-3-11)27-17(18,19)20/h2-8,15,23H,9H2,1H3,(H,21,24). The van der Waals surface area contributed by atoms with Crippen LogP contribution in [-0.4, -0.2) is 28.8 Å². The van der Waals surface area contributed by atoms with Gasteiger partial charge < -0.3 is 15.2 Å². The monoisotopic (exact) mass is 384 g/mol. The molecule has 0 aliphatic rings. The number of aliphatic hydroxyl groups excluding tert-OH is 1. The van der Waals surface area contributed by atoms with Crippen LogP contribution in [0.3, 0.4) is 0 Å². The van der Waals surface area contributed by atoms with E-state index in [1.807, 2.05) is 0 Å². The zero-order valence-corrected chi connectivity index (χ0v) is 14.0. The third-order valence-electron chi connectivity index (χ3n) is 3.61. The number of rotatable bonds is 6. The number of alkyl halides is 3. The molecule has 0 bridgehead atoms. The number of carbonyl (C=O) groups is 1. The number of hydrogen-bond acceptors (Lipinski definition) is 5. The molecule has 2 aromatic carbocycles. The van der Waals surface area contributed by atoms with Crippen molar-refractivity contribution in [2.24, 2.45) is 0 Å². The van der Waals surface area contributed by atoms with Crippen LogP contribution in [0.4, 0.5) is 18.9 Å². The van der Waals surface area contributed by atoms with Gasteiger partial charge in [0.1, 0.15) is 5.75 Å². The van der Waals surface area contributed by atoms with Crippen LogP contribution in [0.2, 0.25) is 0 Å². The predicted octanol–water partition coefficient (Wildman–Crippen LogP) is 3.27. The van der Waals surface area contributed by atoms with Gasteiger partial charge in [-0.05, 0) is 36.8 Å². The second-order valence-corrected chi connectivity index (χ2v) is 5.60. The molecule has 2 aromatic rings. The number of carbonyl (C=O) groups excluding carboxylic acids is 1. The summed E-state index contributed by atoms with van der Waals surface area (Å²) in [5.74, 6) is -0.979. The first-order valence-corrected chi connectivity index (χ1v) is 7.64. The first kappa shape index (κ1) is 20.2. The minimum atomic E-state index is -4.81. The SMILES string of the molecule is Cc1cc(C(=O)NCC(O)c2ccc(OC(F)(F)F)cc2)ccc1[N+](=O)[O-]. The first-order chi connectivity index (χ1) is 12.6. The summed E-state index contributed by atoms with van der Waals surface area (Å²) in [5, 5.41) is 23.3. The topological polar surface area (TPSA) is 102 Å². The van der Waals surface area contributed by atoms with Crippen LogP contribution in [0, 0.1) is 17.0 Å². The molecule has 0 saturated carbocycles. The number of nitro groups is 1. The molecule has 0 heterocycles. The van der Waals surface area contributed by atoms with Crippen molar-refractivity contribution in [1.82, 2.24) is 5.32 Å². The van der Waals surface area contributed by atoms with Crippen LogP contribution in [0.5, 0.6) is 5.75 Å². The average Bonchev–Trinajstić information content (AvgIpc) is 2.58. The van der Waals surface area contributed by atoms with Crippen LogP contribution in [0.1, 0.15) is 27.6 Å². The fraction of sp³-hybridized carbons (Fsp3) is 0.235. The molecule has 0 fully saturated rings. The molecule has 1 amide bonds. The Morgan fingerprint density at radius 3 is 2.41 bits per heavy atom. The fourth-order valence-corrected chi connectivity index (χ4v) is 2.30. The summed E-state index contributed by atoms with van der Waals surface area (Å²) in [6.45, 7) is 1.29. The lowest BCUT2D eigenvalue weighted by Gasteiger charge is -2.14. The van der Waals surface area contributed by atoms with Gasteiger partial charge in [0, 0.05) is 23.7 Å². The number of halogens is 3. The summed E-state index contributed by atoms with van der Waals surface area (Å²) in [5.41, 5.74) is 0.658. The average molecular weight is 384 g/mol. The van der Waals surface area contributed by atoms with Crippen molar-refractivity contribution in [3.63, 3.8) is 0 Å². The molecule has 10 heteroatoms. The summed E-state index contributed by atoms with van der Waals surface area (Å²) < 4.78 is 40.1. The van der Waals surface area contributed by atoms with Crippen LogP contribution in [0.25, 0.3) is 0 Å². The van der Waals surface area contributed by atoms with E-state index in [0.717, 1.165) is 12.1 Å². The molecular weight excluding hydrogens is 369 g/mol. The molecule has 27 heavy (non-hydrogen) atoms. The molecule has 0 aliphatic carbocycles. The fourth-order valence-electron chi connectivity index (χ4n) is 2.30. The van der Waals surface area contributed by atoms with Crippen LogP contribution in [-0.2, 0) is 0 Å². The van der Waals surface area contributed by atoms with Gasteiger partial charge in [-0.1, -0.05) is 12.1 Å². The number of nitro benzene ring substituents is 1. The third kappa shape index (κ3) is 5.68. The van der Waals surface area contributed by atoms with Crippen molar-refractivity contribution in [2.75, 3.05) is 6.54 Å². The number of nitrogens with zero attached hydrogens (tertiary/aromatic N) is 1. The maximum Gasteiger partial charge on any atom is 0.573 e. The van der Waals surface area contributed by atoms with Gasteiger partial charge in [-0.2, -0.15) is 0 Å². The highest BCUT2D eigenvalue weighted by atomic mass is 19.4. The molecule has 0 aliphatic heterocycles. The number of benzene rings is 2. The lowest BCUT2D eigenvalue weighted by Crippen LogP contribution is -2.28. The second-order valence-electron chi connectivity index (χ2n) is 5.60. The first-order valence-electron chi connectivity index (χ1n) is 7.64. The van der Waals surface area contributed by atoms with Crippen molar-refractivity contribution in [1.29, 1.82) is 0 Å². The van der Waals surface area contributed by atoms with Gasteiger partial charge in [-0.25, -0.2) is 0 Å². The summed E-state index contributed by atoms with van der Waals surface area (Å²) >= 11 is 0. The predicted molar refractivity (Wildman–Crippen MR) is 88.3 cm³/mol. The highest BCUT2D eigenvalue weighted by molar-refractivity contribution is 5.94. The largest absolute Gasteiger partial charge is 0.573 e. The number of ether oxygens (including phenoxy) is 1. The molecule has 2 rings (SSSR count). The van der Waals surface area contributed by atoms with E-state index >= 15 is 0 Å². The van der Waals surface area contributed by atoms with E-state index in [2.05, 4.69) is 10.1 Å². The van der Waals surface area contributed by atoms with Crippen LogP contribution in [0.15, 0.2) is 42.5 Å². The molecule has 0 aromatic heterocycles. The van der Waals surface area contributed by atoms with E-state index in [-0.39, 0.29) is 23.4 Å². The number of aryl methyl sites for hydroxylation is 1. The molecule has 1 atom stereocenters. The van der Waals surface area contributed by atoms with Gasteiger partial charge in [-0.3, -0.25) is 14.9 Å². The highest BCUT2D eigenvalue weighted by Gasteiger charge is 2.31. The zero-order valence-electron chi connectivity index (χ0n) is 14.0. The van der Waals surface area contributed by atoms with E-state index in [1.165, 1.54) is 37.3 Å². The maximum atomic E-state index is 12.1. The smallest absolute Gasteiger partial charge is 0.406 e. The Hall–Kier alpha value is -3.14. The Morgan fingerprint density at radius 2 is 1.89 bits per heavy atom. The number of aliphatic hydroxyl groups is 1. The minimum Gasteiger partial charge on any atom is -0.406 e. The Morgan fingerprint density at radius 1 is 1.26 bits per heavy atom. The Labute approximate surface area is 151 Å². The Kier molecular flexibility index (Phi) is 6.01. The molecule has 0 saturated heterocycles. The number of hydrogen-bond donors (Lipinski definition) is 2. The van der Waals surface area contributed by atoms with Crippen LogP contribution >= 0.6 is 0 Å². The van der Waals surface area contributed by atoms with Crippen molar-refractivity contribution in [3.8, 4) is 5.75 Å². The van der Waals surface area contributed by atoms with E-state index in [1.54, 1.807) is 0 Å². The second kappa shape index (κ2) is 8.04. The minimum absolute atomic E-state index is 0.118. The van der Waals surface area contributed by atoms with Crippen molar-refractivity contribution >= 4 is 11.6 Å². The molecule has 1 unspecified atom stereocenters. The summed E-state index contributed by atoms with van der Waals surface area (Å²) in [6, 6.07) is 8.43. The quantitative estimate of drug-likeness (QED) is 0.588. The van der Waals surface area contributed by atoms with Gasteiger partial charge in [0.25, 0.3) is 11.6 Å². The maximum absolute atomic E-state index is 12.1. The molecule has 0 spiro atoms.